The van der Waals surface area contributed by atoms with Gasteiger partial charge in [0.25, 0.3) is 11.8 Å². The molecule has 27 heavy (non-hydrogen) atoms. The molecule has 7 nitrogen and oxygen atoms in total. The van der Waals surface area contributed by atoms with Crippen molar-refractivity contribution in [2.45, 2.75) is 6.92 Å². The zero-order valence-electron chi connectivity index (χ0n) is 15.2. The van der Waals surface area contributed by atoms with E-state index < -0.39 is 5.91 Å². The number of carbonyl (C=O) groups excluding carboxylic acids is 2. The number of hydrogen-bond acceptors (Lipinski definition) is 5. The maximum absolute atomic E-state index is 12.7. The number of piperazine rings is 1. The number of rotatable bonds is 4. The number of amides is 2. The first-order chi connectivity index (χ1) is 13.1. The van der Waals surface area contributed by atoms with Gasteiger partial charge in [-0.15, -0.1) is 0 Å². The summed E-state index contributed by atoms with van der Waals surface area (Å²) in [6, 6.07) is 11.9. The normalized spacial score (nSPS) is 14.4. The van der Waals surface area contributed by atoms with Crippen LogP contribution in [0.15, 0.2) is 42.6 Å². The molecule has 2 amide bonds. The maximum Gasteiger partial charge on any atom is 0.274 e. The number of benzene rings is 1. The van der Waals surface area contributed by atoms with E-state index in [1.807, 2.05) is 6.07 Å². The summed E-state index contributed by atoms with van der Waals surface area (Å²) in [5.41, 5.74) is 1.36. The maximum atomic E-state index is 12.7. The minimum Gasteiger partial charge on any atom is -0.336 e. The van der Waals surface area contributed by atoms with Crippen molar-refractivity contribution in [3.05, 3.63) is 59.4 Å². The highest BCUT2D eigenvalue weighted by molar-refractivity contribution is 6.05. The van der Waals surface area contributed by atoms with Gasteiger partial charge in [-0.2, -0.15) is 5.26 Å². The Balaban J connectivity index is 1.72. The average Bonchev–Trinajstić information content (AvgIpc) is 2.73. The minimum absolute atomic E-state index is 0.0976. The summed E-state index contributed by atoms with van der Waals surface area (Å²) in [5.74, 6) is -0.553. The first-order valence-corrected chi connectivity index (χ1v) is 8.90. The predicted octanol–water partition coefficient (Wildman–Crippen LogP) is 1.98. The molecule has 3 rings (SSSR count). The molecule has 1 fully saturated rings. The lowest BCUT2D eigenvalue weighted by Gasteiger charge is -2.34. The lowest BCUT2D eigenvalue weighted by atomic mass is 10.1. The molecule has 0 saturated carbocycles. The van der Waals surface area contributed by atoms with Gasteiger partial charge in [-0.25, -0.2) is 0 Å². The van der Waals surface area contributed by atoms with Crippen LogP contribution in [0, 0.1) is 11.3 Å². The molecule has 1 aliphatic heterocycles. The lowest BCUT2D eigenvalue weighted by molar-refractivity contribution is 0.0643. The number of para-hydroxylation sites is 1. The Morgan fingerprint density at radius 3 is 2.63 bits per heavy atom. The van der Waals surface area contributed by atoms with E-state index in [0.717, 1.165) is 19.6 Å². The second-order valence-electron chi connectivity index (χ2n) is 6.27. The van der Waals surface area contributed by atoms with E-state index in [0.29, 0.717) is 29.9 Å². The predicted molar refractivity (Wildman–Crippen MR) is 101 cm³/mol. The third-order valence-corrected chi connectivity index (χ3v) is 4.64. The highest BCUT2D eigenvalue weighted by atomic mass is 16.2. The Morgan fingerprint density at radius 2 is 1.93 bits per heavy atom. The summed E-state index contributed by atoms with van der Waals surface area (Å²) in [6.45, 7) is 6.14. The third kappa shape index (κ3) is 4.30. The molecule has 1 saturated heterocycles. The molecular weight excluding hydrogens is 342 g/mol. The molecule has 0 bridgehead atoms. The average molecular weight is 363 g/mol. The number of anilines is 1. The van der Waals surface area contributed by atoms with Crippen LogP contribution < -0.4 is 5.32 Å². The largest absolute Gasteiger partial charge is 0.336 e. The van der Waals surface area contributed by atoms with Gasteiger partial charge in [0.1, 0.15) is 11.8 Å². The molecule has 138 valence electrons. The van der Waals surface area contributed by atoms with Crippen LogP contribution in [-0.4, -0.2) is 59.3 Å². The summed E-state index contributed by atoms with van der Waals surface area (Å²) in [7, 11) is 0. The molecule has 0 spiro atoms. The number of carbonyl (C=O) groups is 2. The highest BCUT2D eigenvalue weighted by Crippen LogP contribution is 2.15. The van der Waals surface area contributed by atoms with Gasteiger partial charge < -0.3 is 15.1 Å². The number of likely N-dealkylation sites (N-methyl/N-ethyl adjacent to an activating group) is 1. The minimum atomic E-state index is -0.455. The topological polar surface area (TPSA) is 89.3 Å². The SMILES string of the molecule is CCN1CCN(C(=O)c2ccnc(C(=O)Nc3ccccc3C#N)c2)CC1. The smallest absolute Gasteiger partial charge is 0.274 e. The molecule has 0 atom stereocenters. The van der Waals surface area contributed by atoms with E-state index in [2.05, 4.69) is 22.1 Å². The Hall–Kier alpha value is -3.24. The number of nitrogens with zero attached hydrogens (tertiary/aromatic N) is 4. The lowest BCUT2D eigenvalue weighted by Crippen LogP contribution is -2.48. The van der Waals surface area contributed by atoms with E-state index in [-0.39, 0.29) is 11.6 Å². The van der Waals surface area contributed by atoms with Gasteiger partial charge >= 0.3 is 0 Å². The van der Waals surface area contributed by atoms with Gasteiger partial charge in [0.15, 0.2) is 0 Å². The Morgan fingerprint density at radius 1 is 1.19 bits per heavy atom. The first-order valence-electron chi connectivity index (χ1n) is 8.90. The van der Waals surface area contributed by atoms with Crippen LogP contribution in [0.5, 0.6) is 0 Å². The first kappa shape index (κ1) is 18.5. The number of nitriles is 1. The van der Waals surface area contributed by atoms with Crippen LogP contribution in [0.3, 0.4) is 0 Å². The molecule has 2 aromatic rings. The van der Waals surface area contributed by atoms with Crippen LogP contribution in [0.2, 0.25) is 0 Å². The molecule has 1 N–H and O–H groups in total. The molecule has 0 aliphatic carbocycles. The van der Waals surface area contributed by atoms with Gasteiger partial charge in [-0.3, -0.25) is 14.6 Å². The Labute approximate surface area is 158 Å². The van der Waals surface area contributed by atoms with E-state index in [9.17, 15) is 9.59 Å². The van der Waals surface area contributed by atoms with Crippen LogP contribution >= 0.6 is 0 Å². The van der Waals surface area contributed by atoms with Crippen LogP contribution in [0.1, 0.15) is 33.3 Å². The van der Waals surface area contributed by atoms with Crippen molar-refractivity contribution in [3.8, 4) is 6.07 Å². The number of aromatic nitrogens is 1. The molecule has 1 aromatic heterocycles. The van der Waals surface area contributed by atoms with Crippen molar-refractivity contribution < 1.29 is 9.59 Å². The molecule has 1 aromatic carbocycles. The quantitative estimate of drug-likeness (QED) is 0.897. The van der Waals surface area contributed by atoms with Crippen molar-refractivity contribution in [2.75, 3.05) is 38.0 Å². The zero-order chi connectivity index (χ0) is 19.2. The fourth-order valence-corrected chi connectivity index (χ4v) is 3.01. The van der Waals surface area contributed by atoms with Crippen LogP contribution in [-0.2, 0) is 0 Å². The zero-order valence-corrected chi connectivity index (χ0v) is 15.2. The summed E-state index contributed by atoms with van der Waals surface area (Å²) < 4.78 is 0. The highest BCUT2D eigenvalue weighted by Gasteiger charge is 2.22. The van der Waals surface area contributed by atoms with E-state index in [1.54, 1.807) is 35.2 Å². The number of hydrogen-bond donors (Lipinski definition) is 1. The standard InChI is InChI=1S/C20H21N5O2/c1-2-24-9-11-25(12-10-24)20(27)15-7-8-22-18(13-15)19(26)23-17-6-4-3-5-16(17)14-21/h3-8,13H,2,9-12H2,1H3,(H,23,26). The van der Waals surface area contributed by atoms with Crippen molar-refractivity contribution in [1.29, 1.82) is 5.26 Å². The van der Waals surface area contributed by atoms with E-state index >= 15 is 0 Å². The van der Waals surface area contributed by atoms with Crippen LogP contribution in [0.25, 0.3) is 0 Å². The summed E-state index contributed by atoms with van der Waals surface area (Å²) in [4.78, 5) is 33.4. The Bertz CT molecular complexity index is 882. The molecule has 2 heterocycles. The van der Waals surface area contributed by atoms with Gasteiger partial charge in [-0.05, 0) is 30.8 Å². The Kier molecular flexibility index (Phi) is 5.79. The monoisotopic (exact) mass is 363 g/mol. The van der Waals surface area contributed by atoms with Crippen molar-refractivity contribution >= 4 is 17.5 Å². The summed E-state index contributed by atoms with van der Waals surface area (Å²) in [6.07, 6.45) is 1.46. The van der Waals surface area contributed by atoms with E-state index in [1.165, 1.54) is 12.3 Å². The molecular formula is C20H21N5O2. The van der Waals surface area contributed by atoms with Gasteiger partial charge in [0.2, 0.25) is 0 Å². The molecule has 1 aliphatic rings. The van der Waals surface area contributed by atoms with Gasteiger partial charge in [0.05, 0.1) is 11.3 Å². The third-order valence-electron chi connectivity index (χ3n) is 4.64. The second-order valence-corrected chi connectivity index (χ2v) is 6.27. The fraction of sp³-hybridized carbons (Fsp3) is 0.300. The number of pyridine rings is 1. The second kappa shape index (κ2) is 8.43. The summed E-state index contributed by atoms with van der Waals surface area (Å²) in [5, 5.41) is 11.8. The van der Waals surface area contributed by atoms with Crippen LogP contribution in [0.4, 0.5) is 5.69 Å². The molecule has 7 heteroatoms. The summed E-state index contributed by atoms with van der Waals surface area (Å²) >= 11 is 0. The fourth-order valence-electron chi connectivity index (χ4n) is 3.01. The van der Waals surface area contributed by atoms with Crippen molar-refractivity contribution in [1.82, 2.24) is 14.8 Å². The number of nitrogens with one attached hydrogen (secondary N) is 1. The van der Waals surface area contributed by atoms with Crippen molar-refractivity contribution in [2.24, 2.45) is 0 Å². The van der Waals surface area contributed by atoms with Gasteiger partial charge in [-0.1, -0.05) is 19.1 Å². The molecule has 0 unspecified atom stereocenters. The van der Waals surface area contributed by atoms with Crippen molar-refractivity contribution in [3.63, 3.8) is 0 Å². The van der Waals surface area contributed by atoms with Gasteiger partial charge in [0, 0.05) is 37.9 Å². The van der Waals surface area contributed by atoms with E-state index in [4.69, 9.17) is 5.26 Å². The molecule has 0 radical (unpaired) electrons.